The molecular weight excluding hydrogens is 215 g/mol. The summed E-state index contributed by atoms with van der Waals surface area (Å²) >= 11 is 1.57. The second-order valence-electron chi connectivity index (χ2n) is 2.63. The highest BCUT2D eigenvalue weighted by atomic mass is 32.2. The average molecular weight is 229 g/mol. The van der Waals surface area contributed by atoms with Crippen molar-refractivity contribution in [1.82, 2.24) is 5.32 Å². The van der Waals surface area contributed by atoms with Gasteiger partial charge in [0.1, 0.15) is 0 Å². The van der Waals surface area contributed by atoms with E-state index in [1.165, 1.54) is 0 Å². The minimum Gasteiger partial charge on any atom is -0.382 e. The van der Waals surface area contributed by atoms with Crippen molar-refractivity contribution in [3.05, 3.63) is 12.7 Å². The Morgan fingerprint density at radius 3 is 2.64 bits per heavy atom. The van der Waals surface area contributed by atoms with Gasteiger partial charge >= 0.3 is 6.18 Å². The van der Waals surface area contributed by atoms with Crippen molar-refractivity contribution in [2.45, 2.75) is 12.3 Å². The van der Waals surface area contributed by atoms with Gasteiger partial charge in [-0.1, -0.05) is 6.08 Å². The SMILES string of the molecule is C=CCSCCNCC(O)C(F)(F)F. The van der Waals surface area contributed by atoms with Crippen LogP contribution in [0.1, 0.15) is 0 Å². The number of rotatable bonds is 7. The van der Waals surface area contributed by atoms with Crippen molar-refractivity contribution in [2.75, 3.05) is 24.6 Å². The molecule has 0 aliphatic carbocycles. The summed E-state index contributed by atoms with van der Waals surface area (Å²) < 4.78 is 35.3. The number of aliphatic hydroxyl groups excluding tert-OH is 1. The quantitative estimate of drug-likeness (QED) is 0.511. The molecule has 0 saturated carbocycles. The van der Waals surface area contributed by atoms with Gasteiger partial charge in [0, 0.05) is 24.6 Å². The van der Waals surface area contributed by atoms with Crippen molar-refractivity contribution in [2.24, 2.45) is 0 Å². The van der Waals surface area contributed by atoms with E-state index in [2.05, 4.69) is 11.9 Å². The molecule has 2 N–H and O–H groups in total. The maximum atomic E-state index is 11.8. The Bertz CT molecular complexity index is 163. The second kappa shape index (κ2) is 7.14. The highest BCUT2D eigenvalue weighted by Gasteiger charge is 2.37. The molecule has 0 spiro atoms. The lowest BCUT2D eigenvalue weighted by Crippen LogP contribution is -2.39. The summed E-state index contributed by atoms with van der Waals surface area (Å²) in [6, 6.07) is 0. The van der Waals surface area contributed by atoms with Crippen LogP contribution in [0.3, 0.4) is 0 Å². The first kappa shape index (κ1) is 13.8. The predicted octanol–water partition coefficient (Wildman–Crippen LogP) is 1.42. The molecule has 0 rings (SSSR count). The Morgan fingerprint density at radius 2 is 2.14 bits per heavy atom. The standard InChI is InChI=1S/C8H14F3NOS/c1-2-4-14-5-3-12-6-7(13)8(9,10)11/h2,7,12-13H,1,3-6H2. The smallest absolute Gasteiger partial charge is 0.382 e. The van der Waals surface area contributed by atoms with E-state index in [1.807, 2.05) is 0 Å². The molecule has 0 fully saturated rings. The summed E-state index contributed by atoms with van der Waals surface area (Å²) in [5.41, 5.74) is 0. The van der Waals surface area contributed by atoms with Crippen LogP contribution < -0.4 is 5.32 Å². The predicted molar refractivity (Wildman–Crippen MR) is 52.5 cm³/mol. The molecule has 0 aliphatic rings. The third kappa shape index (κ3) is 7.23. The van der Waals surface area contributed by atoms with Crippen molar-refractivity contribution < 1.29 is 18.3 Å². The van der Waals surface area contributed by atoms with Gasteiger partial charge < -0.3 is 10.4 Å². The van der Waals surface area contributed by atoms with E-state index in [0.29, 0.717) is 12.3 Å². The molecule has 1 atom stereocenters. The van der Waals surface area contributed by atoms with E-state index in [1.54, 1.807) is 17.8 Å². The molecule has 0 saturated heterocycles. The van der Waals surface area contributed by atoms with Gasteiger partial charge in [0.15, 0.2) is 6.10 Å². The lowest BCUT2D eigenvalue weighted by atomic mass is 10.3. The summed E-state index contributed by atoms with van der Waals surface area (Å²) in [7, 11) is 0. The van der Waals surface area contributed by atoms with Crippen LogP contribution in [0.4, 0.5) is 13.2 Å². The van der Waals surface area contributed by atoms with Crippen LogP contribution in [0.15, 0.2) is 12.7 Å². The van der Waals surface area contributed by atoms with Crippen LogP contribution >= 0.6 is 11.8 Å². The molecule has 14 heavy (non-hydrogen) atoms. The van der Waals surface area contributed by atoms with Gasteiger partial charge in [0.05, 0.1) is 0 Å². The zero-order chi connectivity index (χ0) is 11.0. The third-order valence-electron chi connectivity index (χ3n) is 1.37. The molecule has 2 nitrogen and oxygen atoms in total. The number of aliphatic hydroxyl groups is 1. The van der Waals surface area contributed by atoms with Crippen molar-refractivity contribution >= 4 is 11.8 Å². The number of halogens is 3. The number of nitrogens with one attached hydrogen (secondary N) is 1. The van der Waals surface area contributed by atoms with Gasteiger partial charge in [-0.2, -0.15) is 24.9 Å². The van der Waals surface area contributed by atoms with Crippen molar-refractivity contribution in [1.29, 1.82) is 0 Å². The topological polar surface area (TPSA) is 32.3 Å². The summed E-state index contributed by atoms with van der Waals surface area (Å²) in [6.07, 6.45) is -5.07. The fraction of sp³-hybridized carbons (Fsp3) is 0.750. The maximum absolute atomic E-state index is 11.8. The summed E-state index contributed by atoms with van der Waals surface area (Å²) in [5, 5.41) is 11.1. The summed E-state index contributed by atoms with van der Waals surface area (Å²) in [5.74, 6) is 1.49. The number of alkyl halides is 3. The zero-order valence-electron chi connectivity index (χ0n) is 7.68. The maximum Gasteiger partial charge on any atom is 0.415 e. The molecule has 0 aromatic heterocycles. The Labute approximate surface area is 85.6 Å². The molecule has 0 amide bonds. The van der Waals surface area contributed by atoms with Crippen LogP contribution in [0.2, 0.25) is 0 Å². The minimum absolute atomic E-state index is 0.446. The van der Waals surface area contributed by atoms with Gasteiger partial charge in [-0.3, -0.25) is 0 Å². The van der Waals surface area contributed by atoms with Gasteiger partial charge in [0.25, 0.3) is 0 Å². The molecule has 0 radical (unpaired) electrons. The highest BCUT2D eigenvalue weighted by molar-refractivity contribution is 7.99. The summed E-state index contributed by atoms with van der Waals surface area (Å²) in [6.45, 7) is 3.51. The first-order chi connectivity index (χ1) is 6.48. The van der Waals surface area contributed by atoms with Crippen molar-refractivity contribution in [3.8, 4) is 0 Å². The number of hydrogen-bond donors (Lipinski definition) is 2. The molecule has 0 aliphatic heterocycles. The van der Waals surface area contributed by atoms with Gasteiger partial charge in [0.2, 0.25) is 0 Å². The Morgan fingerprint density at radius 1 is 1.50 bits per heavy atom. The van der Waals surface area contributed by atoms with Crippen LogP contribution in [0.5, 0.6) is 0 Å². The van der Waals surface area contributed by atoms with Crippen LogP contribution in [0, 0.1) is 0 Å². The molecule has 0 aromatic carbocycles. The molecule has 0 heterocycles. The third-order valence-corrected chi connectivity index (χ3v) is 2.34. The molecular formula is C8H14F3NOS. The Balaban J connectivity index is 3.32. The molecule has 1 unspecified atom stereocenters. The monoisotopic (exact) mass is 229 g/mol. The number of hydrogen-bond acceptors (Lipinski definition) is 3. The molecule has 6 heteroatoms. The largest absolute Gasteiger partial charge is 0.415 e. The lowest BCUT2D eigenvalue weighted by Gasteiger charge is -2.14. The minimum atomic E-state index is -4.53. The van der Waals surface area contributed by atoms with E-state index in [9.17, 15) is 13.2 Å². The Hall–Kier alpha value is -0.200. The van der Waals surface area contributed by atoms with E-state index in [4.69, 9.17) is 5.11 Å². The lowest BCUT2D eigenvalue weighted by molar-refractivity contribution is -0.201. The van der Waals surface area contributed by atoms with Gasteiger partial charge in [-0.25, -0.2) is 0 Å². The normalized spacial score (nSPS) is 14.0. The number of thioether (sulfide) groups is 1. The fourth-order valence-corrected chi connectivity index (χ4v) is 1.29. The molecule has 0 bridgehead atoms. The van der Waals surface area contributed by atoms with Crippen molar-refractivity contribution in [3.63, 3.8) is 0 Å². The van der Waals surface area contributed by atoms with E-state index < -0.39 is 18.8 Å². The average Bonchev–Trinajstić information content (AvgIpc) is 2.09. The second-order valence-corrected chi connectivity index (χ2v) is 3.77. The highest BCUT2D eigenvalue weighted by Crippen LogP contribution is 2.19. The fourth-order valence-electron chi connectivity index (χ4n) is 0.666. The zero-order valence-corrected chi connectivity index (χ0v) is 8.50. The molecule has 84 valence electrons. The molecule has 0 aromatic rings. The Kier molecular flexibility index (Phi) is 7.04. The first-order valence-electron chi connectivity index (χ1n) is 4.12. The van der Waals surface area contributed by atoms with Crippen LogP contribution in [-0.2, 0) is 0 Å². The van der Waals surface area contributed by atoms with Gasteiger partial charge in [-0.15, -0.1) is 6.58 Å². The van der Waals surface area contributed by atoms with E-state index >= 15 is 0 Å². The van der Waals surface area contributed by atoms with E-state index in [0.717, 1.165) is 5.75 Å². The van der Waals surface area contributed by atoms with E-state index in [-0.39, 0.29) is 0 Å². The summed E-state index contributed by atoms with van der Waals surface area (Å²) in [4.78, 5) is 0. The van der Waals surface area contributed by atoms with Crippen LogP contribution in [-0.4, -0.2) is 42.0 Å². The van der Waals surface area contributed by atoms with Gasteiger partial charge in [-0.05, 0) is 0 Å². The first-order valence-corrected chi connectivity index (χ1v) is 5.28. The van der Waals surface area contributed by atoms with Crippen LogP contribution in [0.25, 0.3) is 0 Å².